The topological polar surface area (TPSA) is 26.0 Å². The number of aryl methyl sites for hydroxylation is 1. The van der Waals surface area contributed by atoms with Crippen LogP contribution in [0.15, 0.2) is 23.1 Å². The minimum atomic E-state index is 0.285. The summed E-state index contributed by atoms with van der Waals surface area (Å²) >= 11 is 1.89. The van der Waals surface area contributed by atoms with Gasteiger partial charge in [0.1, 0.15) is 0 Å². The van der Waals surface area contributed by atoms with Gasteiger partial charge >= 0.3 is 0 Å². The van der Waals surface area contributed by atoms with Crippen LogP contribution in [0.5, 0.6) is 0 Å². The van der Waals surface area contributed by atoms with E-state index < -0.39 is 0 Å². The lowest BCUT2D eigenvalue weighted by molar-refractivity contribution is 0.712. The van der Waals surface area contributed by atoms with Crippen molar-refractivity contribution in [2.75, 3.05) is 5.75 Å². The van der Waals surface area contributed by atoms with Gasteiger partial charge in [0.15, 0.2) is 0 Å². The third kappa shape index (κ3) is 1.74. The molecule has 0 radical (unpaired) electrons. The van der Waals surface area contributed by atoms with E-state index in [2.05, 4.69) is 25.1 Å². The summed E-state index contributed by atoms with van der Waals surface area (Å²) in [6.07, 6.45) is 2.28. The average Bonchev–Trinajstić information content (AvgIpc) is 2.49. The highest BCUT2D eigenvalue weighted by atomic mass is 32.2. The zero-order valence-corrected chi connectivity index (χ0v) is 8.73. The lowest BCUT2D eigenvalue weighted by Crippen LogP contribution is -2.04. The van der Waals surface area contributed by atoms with Crippen LogP contribution in [-0.2, 0) is 6.42 Å². The van der Waals surface area contributed by atoms with Gasteiger partial charge < -0.3 is 5.73 Å². The highest BCUT2D eigenvalue weighted by Gasteiger charge is 2.18. The first kappa shape index (κ1) is 9.10. The minimum Gasteiger partial charge on any atom is -0.324 e. The van der Waals surface area contributed by atoms with Crippen molar-refractivity contribution in [1.82, 2.24) is 0 Å². The Bertz CT molecular complexity index is 309. The Morgan fingerprint density at radius 2 is 2.38 bits per heavy atom. The lowest BCUT2D eigenvalue weighted by atomic mass is 10.1. The average molecular weight is 193 g/mol. The van der Waals surface area contributed by atoms with Crippen LogP contribution in [0.3, 0.4) is 0 Å². The molecule has 0 amide bonds. The molecule has 2 N–H and O–H groups in total. The molecule has 13 heavy (non-hydrogen) atoms. The van der Waals surface area contributed by atoms with Crippen molar-refractivity contribution in [3.05, 3.63) is 29.3 Å². The molecule has 0 aromatic heterocycles. The maximum Gasteiger partial charge on any atom is 0.0301 e. The number of hydrogen-bond donors (Lipinski definition) is 1. The monoisotopic (exact) mass is 193 g/mol. The fraction of sp³-hybridized carbons (Fsp3) is 0.455. The summed E-state index contributed by atoms with van der Waals surface area (Å²) in [6.45, 7) is 2.18. The van der Waals surface area contributed by atoms with Crippen molar-refractivity contribution in [1.29, 1.82) is 0 Å². The van der Waals surface area contributed by atoms with E-state index in [9.17, 15) is 0 Å². The highest BCUT2D eigenvalue weighted by molar-refractivity contribution is 7.99. The van der Waals surface area contributed by atoms with Crippen LogP contribution >= 0.6 is 11.8 Å². The van der Waals surface area contributed by atoms with E-state index in [1.54, 1.807) is 0 Å². The SMILES string of the molecule is CCSc1ccc2c(c1)[C@H](N)CC2. The quantitative estimate of drug-likeness (QED) is 0.731. The van der Waals surface area contributed by atoms with Gasteiger partial charge in [-0.15, -0.1) is 11.8 Å². The Morgan fingerprint density at radius 1 is 1.54 bits per heavy atom. The molecule has 0 heterocycles. The second kappa shape index (κ2) is 3.72. The van der Waals surface area contributed by atoms with Crippen LogP contribution in [-0.4, -0.2) is 5.75 Å². The standard InChI is InChI=1S/C11H15NS/c1-2-13-9-5-3-8-4-6-11(12)10(8)7-9/h3,5,7,11H,2,4,6,12H2,1H3/t11-/m1/s1. The van der Waals surface area contributed by atoms with Gasteiger partial charge in [-0.2, -0.15) is 0 Å². The molecule has 1 nitrogen and oxygen atoms in total. The normalized spacial score (nSPS) is 20.3. The van der Waals surface area contributed by atoms with Crippen LogP contribution in [0, 0.1) is 0 Å². The van der Waals surface area contributed by atoms with E-state index in [1.807, 2.05) is 11.8 Å². The van der Waals surface area contributed by atoms with Gasteiger partial charge in [0, 0.05) is 10.9 Å². The molecule has 0 aliphatic heterocycles. The van der Waals surface area contributed by atoms with Crippen LogP contribution in [0.1, 0.15) is 30.5 Å². The van der Waals surface area contributed by atoms with Gasteiger partial charge in [-0.05, 0) is 41.9 Å². The van der Waals surface area contributed by atoms with E-state index in [0.29, 0.717) is 0 Å². The van der Waals surface area contributed by atoms with E-state index in [-0.39, 0.29) is 6.04 Å². The fourth-order valence-corrected chi connectivity index (χ4v) is 2.58. The van der Waals surface area contributed by atoms with Crippen molar-refractivity contribution >= 4 is 11.8 Å². The molecule has 0 bridgehead atoms. The minimum absolute atomic E-state index is 0.285. The first-order valence-electron chi connectivity index (χ1n) is 4.82. The molecule has 1 aliphatic rings. The first-order chi connectivity index (χ1) is 6.31. The number of thioether (sulfide) groups is 1. The maximum absolute atomic E-state index is 6.00. The number of rotatable bonds is 2. The Balaban J connectivity index is 2.31. The summed E-state index contributed by atoms with van der Waals surface area (Å²) in [5, 5.41) is 0. The third-order valence-corrected chi connectivity index (χ3v) is 3.43. The van der Waals surface area contributed by atoms with Crippen molar-refractivity contribution in [2.45, 2.75) is 30.7 Å². The summed E-state index contributed by atoms with van der Waals surface area (Å²) in [4.78, 5) is 1.36. The first-order valence-corrected chi connectivity index (χ1v) is 5.81. The van der Waals surface area contributed by atoms with Crippen molar-refractivity contribution < 1.29 is 0 Å². The zero-order valence-electron chi connectivity index (χ0n) is 7.92. The smallest absolute Gasteiger partial charge is 0.0301 e. The molecule has 1 aliphatic carbocycles. The Kier molecular flexibility index (Phi) is 2.61. The van der Waals surface area contributed by atoms with E-state index >= 15 is 0 Å². The summed E-state index contributed by atoms with van der Waals surface area (Å²) < 4.78 is 0. The molecule has 1 atom stereocenters. The van der Waals surface area contributed by atoms with Crippen molar-refractivity contribution in [2.24, 2.45) is 5.73 Å². The molecule has 2 heteroatoms. The molecule has 0 fully saturated rings. The third-order valence-electron chi connectivity index (χ3n) is 2.55. The van der Waals surface area contributed by atoms with Gasteiger partial charge in [-0.1, -0.05) is 13.0 Å². The second-order valence-electron chi connectivity index (χ2n) is 3.44. The Morgan fingerprint density at radius 3 is 3.15 bits per heavy atom. The van der Waals surface area contributed by atoms with Gasteiger partial charge in [0.2, 0.25) is 0 Å². The summed E-state index contributed by atoms with van der Waals surface area (Å²) in [5.74, 6) is 1.13. The van der Waals surface area contributed by atoms with Gasteiger partial charge in [-0.3, -0.25) is 0 Å². The van der Waals surface area contributed by atoms with Crippen LogP contribution in [0.4, 0.5) is 0 Å². The molecule has 2 rings (SSSR count). The van der Waals surface area contributed by atoms with Crippen molar-refractivity contribution in [3.63, 3.8) is 0 Å². The van der Waals surface area contributed by atoms with Crippen LogP contribution in [0.25, 0.3) is 0 Å². The largest absolute Gasteiger partial charge is 0.324 e. The molecular weight excluding hydrogens is 178 g/mol. The van der Waals surface area contributed by atoms with Gasteiger partial charge in [0.05, 0.1) is 0 Å². The predicted molar refractivity (Wildman–Crippen MR) is 58.1 cm³/mol. The summed E-state index contributed by atoms with van der Waals surface area (Å²) in [5.41, 5.74) is 8.83. The predicted octanol–water partition coefficient (Wildman–Crippen LogP) is 2.74. The zero-order chi connectivity index (χ0) is 9.26. The molecule has 1 aromatic carbocycles. The molecule has 70 valence electrons. The molecule has 0 saturated carbocycles. The fourth-order valence-electron chi connectivity index (χ4n) is 1.87. The van der Waals surface area contributed by atoms with E-state index in [4.69, 9.17) is 5.73 Å². The van der Waals surface area contributed by atoms with Crippen LogP contribution < -0.4 is 5.73 Å². The Labute approximate surface area is 83.7 Å². The number of fused-ring (bicyclic) bond motifs is 1. The Hall–Kier alpha value is -0.470. The summed E-state index contributed by atoms with van der Waals surface area (Å²) in [6, 6.07) is 7.00. The van der Waals surface area contributed by atoms with Gasteiger partial charge in [-0.25, -0.2) is 0 Å². The van der Waals surface area contributed by atoms with Gasteiger partial charge in [0.25, 0.3) is 0 Å². The van der Waals surface area contributed by atoms with E-state index in [1.165, 1.54) is 16.0 Å². The second-order valence-corrected chi connectivity index (χ2v) is 4.78. The molecule has 0 spiro atoms. The molecule has 1 aromatic rings. The van der Waals surface area contributed by atoms with Crippen LogP contribution in [0.2, 0.25) is 0 Å². The van der Waals surface area contributed by atoms with Crippen molar-refractivity contribution in [3.8, 4) is 0 Å². The van der Waals surface area contributed by atoms with E-state index in [0.717, 1.165) is 18.6 Å². The molecule has 0 unspecified atom stereocenters. The summed E-state index contributed by atoms with van der Waals surface area (Å²) in [7, 11) is 0. The molecular formula is C11H15NS. The number of nitrogens with two attached hydrogens (primary N) is 1. The maximum atomic E-state index is 6.00. The lowest BCUT2D eigenvalue weighted by Gasteiger charge is -2.06. The molecule has 0 saturated heterocycles. The highest BCUT2D eigenvalue weighted by Crippen LogP contribution is 2.32. The number of hydrogen-bond acceptors (Lipinski definition) is 2. The number of benzene rings is 1.